The molecule has 0 N–H and O–H groups in total. The Morgan fingerprint density at radius 3 is 1.27 bits per heavy atom. The summed E-state index contributed by atoms with van der Waals surface area (Å²) in [5.41, 5.74) is 7.54. The maximum atomic E-state index is 2.30. The molecular formula is C37H45N3+2. The van der Waals surface area contributed by atoms with E-state index in [1.165, 1.54) is 59.2 Å². The first-order valence-corrected chi connectivity index (χ1v) is 14.7. The number of nitrogens with zero attached hydrogens (tertiary/aromatic N) is 3. The van der Waals surface area contributed by atoms with E-state index in [0.717, 1.165) is 13.1 Å². The highest BCUT2D eigenvalue weighted by Gasteiger charge is 2.03. The summed E-state index contributed by atoms with van der Waals surface area (Å²) in [5.74, 6) is 0.574. The minimum Gasteiger partial charge on any atom is -0.378 e. The lowest BCUT2D eigenvalue weighted by Crippen LogP contribution is -2.33. The molecule has 0 unspecified atom stereocenters. The van der Waals surface area contributed by atoms with Crippen LogP contribution in [0.5, 0.6) is 0 Å². The molecule has 0 aliphatic carbocycles. The van der Waals surface area contributed by atoms with E-state index in [4.69, 9.17) is 0 Å². The van der Waals surface area contributed by atoms with Crippen LogP contribution >= 0.6 is 0 Å². The summed E-state index contributed by atoms with van der Waals surface area (Å²) in [7, 11) is 4.13. The Balaban J connectivity index is 1.12. The molecule has 0 fully saturated rings. The Morgan fingerprint density at radius 2 is 0.900 bits per heavy atom. The minimum absolute atomic E-state index is 0.574. The molecule has 2 aromatic carbocycles. The molecule has 206 valence electrons. The van der Waals surface area contributed by atoms with Gasteiger partial charge in [0.15, 0.2) is 24.8 Å². The second-order valence-corrected chi connectivity index (χ2v) is 11.1. The summed E-state index contributed by atoms with van der Waals surface area (Å²) in [5, 5.41) is 0. The Bertz CT molecular complexity index is 1240. The van der Waals surface area contributed by atoms with Crippen LogP contribution in [0, 0.1) is 0 Å². The summed E-state index contributed by atoms with van der Waals surface area (Å²) in [6, 6.07) is 26.3. The van der Waals surface area contributed by atoms with E-state index >= 15 is 0 Å². The average Bonchev–Trinajstić information content (AvgIpc) is 2.98. The third-order valence-corrected chi connectivity index (χ3v) is 7.37. The summed E-state index contributed by atoms with van der Waals surface area (Å²) < 4.78 is 4.59. The van der Waals surface area contributed by atoms with E-state index < -0.39 is 0 Å². The molecule has 3 nitrogen and oxygen atoms in total. The molecule has 0 spiro atoms. The fourth-order valence-corrected chi connectivity index (χ4v) is 4.66. The van der Waals surface area contributed by atoms with Gasteiger partial charge in [-0.1, -0.05) is 74.5 Å². The predicted octanol–water partition coefficient (Wildman–Crippen LogP) is 8.05. The number of hydrogen-bond acceptors (Lipinski definition) is 1. The normalized spacial score (nSPS) is 11.6. The van der Waals surface area contributed by atoms with Crippen molar-refractivity contribution < 1.29 is 9.13 Å². The number of aryl methyl sites for hydroxylation is 2. The summed E-state index contributed by atoms with van der Waals surface area (Å²) >= 11 is 0. The van der Waals surface area contributed by atoms with E-state index in [9.17, 15) is 0 Å². The quantitative estimate of drug-likeness (QED) is 0.125. The highest BCUT2D eigenvalue weighted by Crippen LogP contribution is 2.16. The highest BCUT2D eigenvalue weighted by molar-refractivity contribution is 5.70. The zero-order chi connectivity index (χ0) is 28.2. The fourth-order valence-electron chi connectivity index (χ4n) is 4.66. The van der Waals surface area contributed by atoms with E-state index in [1.54, 1.807) is 0 Å². The van der Waals surface area contributed by atoms with E-state index in [1.807, 2.05) is 0 Å². The molecule has 0 bridgehead atoms. The predicted molar refractivity (Wildman–Crippen MR) is 171 cm³/mol. The number of unbranched alkanes of at least 4 members (excludes halogenated alkanes) is 3. The van der Waals surface area contributed by atoms with E-state index in [0.29, 0.717) is 5.92 Å². The molecule has 4 aromatic rings. The first kappa shape index (κ1) is 29.0. The molecule has 0 amide bonds. The molecule has 3 heteroatoms. The van der Waals surface area contributed by atoms with Gasteiger partial charge >= 0.3 is 0 Å². The Kier molecular flexibility index (Phi) is 10.9. The van der Waals surface area contributed by atoms with E-state index in [-0.39, 0.29) is 0 Å². The summed E-state index contributed by atoms with van der Waals surface area (Å²) in [4.78, 5) is 2.12. The summed E-state index contributed by atoms with van der Waals surface area (Å²) in [6.45, 7) is 6.61. The van der Waals surface area contributed by atoms with Crippen LogP contribution in [0.3, 0.4) is 0 Å². The van der Waals surface area contributed by atoms with Crippen molar-refractivity contribution in [1.82, 2.24) is 0 Å². The van der Waals surface area contributed by atoms with Gasteiger partial charge in [-0.15, -0.1) is 0 Å². The largest absolute Gasteiger partial charge is 0.378 e. The zero-order valence-electron chi connectivity index (χ0n) is 24.7. The van der Waals surface area contributed by atoms with Gasteiger partial charge in [0, 0.05) is 56.9 Å². The van der Waals surface area contributed by atoms with E-state index in [2.05, 4.69) is 164 Å². The smallest absolute Gasteiger partial charge is 0.169 e. The van der Waals surface area contributed by atoms with Gasteiger partial charge in [-0.3, -0.25) is 0 Å². The fraction of sp³-hybridized carbons (Fsp3) is 0.297. The first-order chi connectivity index (χ1) is 19.5. The van der Waals surface area contributed by atoms with Crippen LogP contribution in [0.4, 0.5) is 5.69 Å². The van der Waals surface area contributed by atoms with Crippen LogP contribution in [0.15, 0.2) is 97.6 Å². The molecule has 2 aromatic heterocycles. The van der Waals surface area contributed by atoms with Gasteiger partial charge in [0.25, 0.3) is 0 Å². The molecule has 0 radical (unpaired) electrons. The van der Waals surface area contributed by atoms with Gasteiger partial charge in [0.05, 0.1) is 0 Å². The molecule has 0 aliphatic rings. The maximum absolute atomic E-state index is 2.30. The van der Waals surface area contributed by atoms with Crippen molar-refractivity contribution in [2.24, 2.45) is 0 Å². The second kappa shape index (κ2) is 15.0. The standard InChI is InChI=1S/C37H45N3/c1-31(2)36-17-13-32(14-18-36)9-11-34-21-27-39(28-22-34)25-7-5-6-8-26-40-29-23-35(24-30-40)12-10-33-15-19-37(20-16-33)38(3)4/h9-24,27-31H,5-8,25-26H2,1-4H3/q+2/b11-9+. The second-order valence-electron chi connectivity index (χ2n) is 11.1. The number of aromatic nitrogens is 2. The monoisotopic (exact) mass is 531 g/mol. The van der Waals surface area contributed by atoms with Gasteiger partial charge < -0.3 is 4.90 Å². The minimum atomic E-state index is 0.574. The van der Waals surface area contributed by atoms with Crippen molar-refractivity contribution in [3.05, 3.63) is 125 Å². The van der Waals surface area contributed by atoms with Crippen LogP contribution in [-0.4, -0.2) is 14.1 Å². The van der Waals surface area contributed by atoms with Crippen LogP contribution in [0.1, 0.15) is 73.3 Å². The molecule has 4 rings (SSSR count). The molecule has 40 heavy (non-hydrogen) atoms. The zero-order valence-corrected chi connectivity index (χ0v) is 24.7. The molecule has 0 saturated heterocycles. The highest BCUT2D eigenvalue weighted by atomic mass is 15.1. The first-order valence-electron chi connectivity index (χ1n) is 14.7. The van der Waals surface area contributed by atoms with Crippen LogP contribution in [-0.2, 0) is 13.1 Å². The summed E-state index contributed by atoms with van der Waals surface area (Å²) in [6.07, 6.45) is 22.5. The van der Waals surface area contributed by atoms with Gasteiger partial charge in [-0.05, 0) is 58.7 Å². The number of rotatable bonds is 13. The number of benzene rings is 2. The topological polar surface area (TPSA) is 11.0 Å². The van der Waals surface area contributed by atoms with Crippen molar-refractivity contribution in [1.29, 1.82) is 0 Å². The Hall–Kier alpha value is -3.98. The van der Waals surface area contributed by atoms with Crippen molar-refractivity contribution in [3.8, 4) is 0 Å². The Labute approximate surface area is 241 Å². The number of anilines is 1. The van der Waals surface area contributed by atoms with Gasteiger partial charge in [0.2, 0.25) is 0 Å². The number of pyridine rings is 2. The van der Waals surface area contributed by atoms with Crippen LogP contribution in [0.25, 0.3) is 24.3 Å². The van der Waals surface area contributed by atoms with Crippen molar-refractivity contribution >= 4 is 30.0 Å². The van der Waals surface area contributed by atoms with Gasteiger partial charge in [-0.2, -0.15) is 0 Å². The van der Waals surface area contributed by atoms with Crippen LogP contribution in [0.2, 0.25) is 0 Å². The average molecular weight is 532 g/mol. The lowest BCUT2D eigenvalue weighted by molar-refractivity contribution is -0.698. The van der Waals surface area contributed by atoms with Gasteiger partial charge in [0.1, 0.15) is 13.1 Å². The lowest BCUT2D eigenvalue weighted by Gasteiger charge is -2.11. The molecular weight excluding hydrogens is 486 g/mol. The molecule has 2 heterocycles. The molecule has 0 saturated carbocycles. The van der Waals surface area contributed by atoms with Crippen LogP contribution < -0.4 is 14.0 Å². The third-order valence-electron chi connectivity index (χ3n) is 7.37. The molecule has 0 aliphatic heterocycles. The number of hydrogen-bond donors (Lipinski definition) is 0. The van der Waals surface area contributed by atoms with Crippen molar-refractivity contribution in [2.75, 3.05) is 19.0 Å². The Morgan fingerprint density at radius 1 is 0.525 bits per heavy atom. The van der Waals surface area contributed by atoms with Gasteiger partial charge in [-0.25, -0.2) is 9.13 Å². The maximum Gasteiger partial charge on any atom is 0.169 e. The van der Waals surface area contributed by atoms with Crippen molar-refractivity contribution in [2.45, 2.75) is 58.5 Å². The molecule has 0 atom stereocenters. The SMILES string of the molecule is CC(C)c1ccc(/C=C/c2cc[n+](CCCCCC[n+]3ccc(/C=C/c4ccc(N(C)C)cc4)cc3)cc2)cc1. The third kappa shape index (κ3) is 9.34. The lowest BCUT2D eigenvalue weighted by atomic mass is 10.0. The van der Waals surface area contributed by atoms with Crippen molar-refractivity contribution in [3.63, 3.8) is 0 Å².